The Kier molecular flexibility index (Phi) is 3.89. The third-order valence-electron chi connectivity index (χ3n) is 5.61. The number of aromatic nitrogens is 5. The van der Waals surface area contributed by atoms with Crippen LogP contribution < -0.4 is 0 Å². The van der Waals surface area contributed by atoms with Crippen molar-refractivity contribution in [2.45, 2.75) is 25.7 Å². The number of carbonyl (C=O) groups excluding carboxylic acids is 1. The van der Waals surface area contributed by atoms with E-state index in [1.165, 1.54) is 5.56 Å². The molecule has 1 aliphatic heterocycles. The van der Waals surface area contributed by atoms with Gasteiger partial charge in [0.25, 0.3) is 5.91 Å². The maximum Gasteiger partial charge on any atom is 0.253 e. The predicted molar refractivity (Wildman–Crippen MR) is 107 cm³/mol. The van der Waals surface area contributed by atoms with Gasteiger partial charge in [0.15, 0.2) is 0 Å². The van der Waals surface area contributed by atoms with Crippen LogP contribution >= 0.6 is 0 Å². The fourth-order valence-corrected chi connectivity index (χ4v) is 4.08. The summed E-state index contributed by atoms with van der Waals surface area (Å²) in [6.45, 7) is 3.53. The Morgan fingerprint density at radius 1 is 1.18 bits per heavy atom. The highest BCUT2D eigenvalue weighted by Gasteiger charge is 2.27. The van der Waals surface area contributed by atoms with E-state index in [4.69, 9.17) is 4.98 Å². The first-order valence-electron chi connectivity index (χ1n) is 9.63. The summed E-state index contributed by atoms with van der Waals surface area (Å²) in [4.78, 5) is 23.3. The Hall–Kier alpha value is -3.22. The number of likely N-dealkylation sites (tertiary alicyclic amines) is 1. The first-order valence-corrected chi connectivity index (χ1v) is 9.63. The molecule has 7 heteroatoms. The lowest BCUT2D eigenvalue weighted by Crippen LogP contribution is -2.39. The molecule has 0 radical (unpaired) electrons. The average molecular weight is 374 g/mol. The molecule has 28 heavy (non-hydrogen) atoms. The van der Waals surface area contributed by atoms with Gasteiger partial charge in [-0.15, -0.1) is 5.10 Å². The van der Waals surface area contributed by atoms with Crippen molar-refractivity contribution in [3.63, 3.8) is 0 Å². The largest absolute Gasteiger partial charge is 0.342 e. The molecular formula is C21H22N6O. The van der Waals surface area contributed by atoms with E-state index in [9.17, 15) is 4.79 Å². The average Bonchev–Trinajstić information content (AvgIpc) is 3.30. The van der Waals surface area contributed by atoms with Crippen molar-refractivity contribution in [1.29, 1.82) is 0 Å². The lowest BCUT2D eigenvalue weighted by molar-refractivity contribution is 0.0705. The van der Waals surface area contributed by atoms with Gasteiger partial charge in [-0.3, -0.25) is 4.79 Å². The van der Waals surface area contributed by atoms with Crippen molar-refractivity contribution in [2.75, 3.05) is 13.1 Å². The lowest BCUT2D eigenvalue weighted by atomic mass is 9.96. The molecule has 3 heterocycles. The molecular weight excluding hydrogens is 352 g/mol. The fourth-order valence-electron chi connectivity index (χ4n) is 4.08. The minimum absolute atomic E-state index is 0.0456. The molecule has 1 unspecified atom stereocenters. The van der Waals surface area contributed by atoms with Crippen LogP contribution in [0.3, 0.4) is 0 Å². The quantitative estimate of drug-likeness (QED) is 0.584. The second-order valence-corrected chi connectivity index (χ2v) is 7.65. The number of amides is 1. The van der Waals surface area contributed by atoms with Crippen molar-refractivity contribution in [3.05, 3.63) is 53.3 Å². The van der Waals surface area contributed by atoms with E-state index in [0.29, 0.717) is 12.1 Å². The number of carbonyl (C=O) groups is 1. The van der Waals surface area contributed by atoms with Gasteiger partial charge in [0, 0.05) is 31.6 Å². The Balaban J connectivity index is 1.39. The molecule has 142 valence electrons. The molecule has 1 N–H and O–H groups in total. The van der Waals surface area contributed by atoms with Crippen molar-refractivity contribution < 1.29 is 4.79 Å². The van der Waals surface area contributed by atoms with Gasteiger partial charge in [-0.1, -0.05) is 11.3 Å². The molecule has 0 saturated carbocycles. The number of H-pyrrole nitrogens is 1. The smallest absolute Gasteiger partial charge is 0.253 e. The molecule has 5 rings (SSSR count). The minimum Gasteiger partial charge on any atom is -0.342 e. The molecule has 2 aromatic heterocycles. The van der Waals surface area contributed by atoms with Crippen LogP contribution in [0.2, 0.25) is 0 Å². The molecule has 0 aliphatic carbocycles. The molecule has 7 nitrogen and oxygen atoms in total. The maximum absolute atomic E-state index is 13.1. The van der Waals surface area contributed by atoms with Crippen molar-refractivity contribution in [3.8, 4) is 0 Å². The Morgan fingerprint density at radius 2 is 2.07 bits per heavy atom. The van der Waals surface area contributed by atoms with Gasteiger partial charge in [0.1, 0.15) is 11.3 Å². The molecule has 0 spiro atoms. The summed E-state index contributed by atoms with van der Waals surface area (Å²) in [5.74, 6) is 1.25. The van der Waals surface area contributed by atoms with Crippen LogP contribution in [0.1, 0.15) is 40.5 Å². The standard InChI is InChI=1S/C21H22N6O/c1-13-5-7-16-17(10-13)23-20(22-16)15-4-3-9-27(12-15)21(28)14-6-8-19-18(11-14)24-25-26(19)2/h5-8,10-11,15H,3-4,9,12H2,1-2H3,(H,22,23). The number of imidazole rings is 1. The monoisotopic (exact) mass is 374 g/mol. The lowest BCUT2D eigenvalue weighted by Gasteiger charge is -2.32. The third-order valence-corrected chi connectivity index (χ3v) is 5.61. The summed E-state index contributed by atoms with van der Waals surface area (Å²) in [7, 11) is 1.85. The van der Waals surface area contributed by atoms with Gasteiger partial charge in [-0.05, 0) is 55.7 Å². The molecule has 2 aromatic carbocycles. The van der Waals surface area contributed by atoms with Gasteiger partial charge in [-0.25, -0.2) is 9.67 Å². The van der Waals surface area contributed by atoms with Crippen LogP contribution in [-0.2, 0) is 7.05 Å². The number of fused-ring (bicyclic) bond motifs is 2. The van der Waals surface area contributed by atoms with Gasteiger partial charge >= 0.3 is 0 Å². The van der Waals surface area contributed by atoms with E-state index in [1.54, 1.807) is 4.68 Å². The van der Waals surface area contributed by atoms with Crippen molar-refractivity contribution in [1.82, 2.24) is 29.9 Å². The first kappa shape index (κ1) is 16.9. The molecule has 4 aromatic rings. The zero-order valence-corrected chi connectivity index (χ0v) is 16.0. The molecule has 1 fully saturated rings. The second kappa shape index (κ2) is 6.44. The number of hydrogen-bond acceptors (Lipinski definition) is 4. The molecule has 0 bridgehead atoms. The zero-order valence-electron chi connectivity index (χ0n) is 16.0. The summed E-state index contributed by atoms with van der Waals surface area (Å²) in [5, 5.41) is 8.14. The SMILES string of the molecule is Cc1ccc2nc(C3CCCN(C(=O)c4ccc5c(c4)nnn5C)C3)[nH]c2c1. The summed E-state index contributed by atoms with van der Waals surface area (Å²) < 4.78 is 1.71. The van der Waals surface area contributed by atoms with Crippen LogP contribution in [0, 0.1) is 6.92 Å². The predicted octanol–water partition coefficient (Wildman–Crippen LogP) is 3.17. The highest BCUT2D eigenvalue weighted by Crippen LogP contribution is 2.28. The minimum atomic E-state index is 0.0456. The summed E-state index contributed by atoms with van der Waals surface area (Å²) >= 11 is 0. The fraction of sp³-hybridized carbons (Fsp3) is 0.333. The van der Waals surface area contributed by atoms with Gasteiger partial charge in [0.05, 0.1) is 16.6 Å². The van der Waals surface area contributed by atoms with E-state index in [0.717, 1.165) is 47.3 Å². The Bertz CT molecular complexity index is 1190. The van der Waals surface area contributed by atoms with Crippen LogP contribution in [-0.4, -0.2) is 48.9 Å². The zero-order chi connectivity index (χ0) is 19.3. The third kappa shape index (κ3) is 2.83. The van der Waals surface area contributed by atoms with Crippen LogP contribution in [0.5, 0.6) is 0 Å². The van der Waals surface area contributed by atoms with Crippen molar-refractivity contribution in [2.24, 2.45) is 7.05 Å². The van der Waals surface area contributed by atoms with Crippen LogP contribution in [0.4, 0.5) is 0 Å². The Labute approximate surface area is 162 Å². The van der Waals surface area contributed by atoms with E-state index in [-0.39, 0.29) is 11.8 Å². The first-order chi connectivity index (χ1) is 13.6. The van der Waals surface area contributed by atoms with E-state index in [2.05, 4.69) is 34.4 Å². The summed E-state index contributed by atoms with van der Waals surface area (Å²) in [6.07, 6.45) is 2.01. The maximum atomic E-state index is 13.1. The number of hydrogen-bond donors (Lipinski definition) is 1. The van der Waals surface area contributed by atoms with E-state index in [1.807, 2.05) is 36.2 Å². The van der Waals surface area contributed by atoms with Crippen LogP contribution in [0.25, 0.3) is 22.1 Å². The number of rotatable bonds is 2. The van der Waals surface area contributed by atoms with Gasteiger partial charge < -0.3 is 9.88 Å². The number of aromatic amines is 1. The number of piperidine rings is 1. The number of benzene rings is 2. The molecule has 1 amide bonds. The molecule has 1 saturated heterocycles. The van der Waals surface area contributed by atoms with E-state index < -0.39 is 0 Å². The number of nitrogens with zero attached hydrogens (tertiary/aromatic N) is 5. The van der Waals surface area contributed by atoms with Crippen LogP contribution in [0.15, 0.2) is 36.4 Å². The molecule has 1 aliphatic rings. The van der Waals surface area contributed by atoms with Gasteiger partial charge in [0.2, 0.25) is 0 Å². The molecule has 1 atom stereocenters. The highest BCUT2D eigenvalue weighted by molar-refractivity contribution is 5.97. The number of nitrogens with one attached hydrogen (secondary N) is 1. The topological polar surface area (TPSA) is 79.7 Å². The van der Waals surface area contributed by atoms with Gasteiger partial charge in [-0.2, -0.15) is 0 Å². The Morgan fingerprint density at radius 3 is 2.96 bits per heavy atom. The normalized spacial score (nSPS) is 17.5. The second-order valence-electron chi connectivity index (χ2n) is 7.65. The summed E-state index contributed by atoms with van der Waals surface area (Å²) in [6, 6.07) is 11.8. The number of aryl methyl sites for hydroxylation is 2. The van der Waals surface area contributed by atoms with Crippen molar-refractivity contribution >= 4 is 28.0 Å². The summed E-state index contributed by atoms with van der Waals surface area (Å²) in [5.41, 5.74) is 5.58. The highest BCUT2D eigenvalue weighted by atomic mass is 16.2. The van der Waals surface area contributed by atoms with E-state index >= 15 is 0 Å².